The molecule has 0 aliphatic carbocycles. The zero-order valence-corrected chi connectivity index (χ0v) is 13.7. The highest BCUT2D eigenvalue weighted by molar-refractivity contribution is 7.17. The number of hydrogen-bond donors (Lipinski definition) is 1. The molecule has 0 atom stereocenters. The first-order chi connectivity index (χ1) is 11.4. The largest absolute Gasteiger partial charge is 0.507 e. The van der Waals surface area contributed by atoms with Crippen molar-refractivity contribution in [2.45, 2.75) is 13.8 Å². The van der Waals surface area contributed by atoms with E-state index in [1.807, 2.05) is 0 Å². The van der Waals surface area contributed by atoms with Crippen LogP contribution in [-0.2, 0) is 4.74 Å². The predicted molar refractivity (Wildman–Crippen MR) is 87.3 cm³/mol. The van der Waals surface area contributed by atoms with Crippen molar-refractivity contribution in [2.75, 3.05) is 6.61 Å². The molecule has 4 nitrogen and oxygen atoms in total. The van der Waals surface area contributed by atoms with Gasteiger partial charge in [-0.15, -0.1) is 11.3 Å². The molecule has 0 bridgehead atoms. The zero-order chi connectivity index (χ0) is 17.4. The van der Waals surface area contributed by atoms with Gasteiger partial charge in [-0.05, 0) is 32.0 Å². The number of carbonyl (C=O) groups is 1. The normalized spacial score (nSPS) is 11.0. The molecule has 0 fully saturated rings. The molecular formula is C17H13F2NO3S. The third kappa shape index (κ3) is 2.82. The molecule has 7 heteroatoms. The van der Waals surface area contributed by atoms with Crippen LogP contribution < -0.4 is 0 Å². The van der Waals surface area contributed by atoms with Crippen molar-refractivity contribution in [3.05, 3.63) is 46.5 Å². The first-order valence-corrected chi connectivity index (χ1v) is 7.99. The Morgan fingerprint density at radius 3 is 2.71 bits per heavy atom. The van der Waals surface area contributed by atoms with Gasteiger partial charge < -0.3 is 9.84 Å². The molecule has 0 aliphatic heterocycles. The fourth-order valence-electron chi connectivity index (χ4n) is 2.39. The van der Waals surface area contributed by atoms with Crippen LogP contribution >= 0.6 is 11.3 Å². The molecule has 1 heterocycles. The SMILES string of the molecule is CCOC(=O)c1sc(-c2cc(O)c3cc(F)cc(F)c3c2)nc1C. The number of esters is 1. The topological polar surface area (TPSA) is 59.4 Å². The van der Waals surface area contributed by atoms with E-state index in [9.17, 15) is 18.7 Å². The van der Waals surface area contributed by atoms with Gasteiger partial charge in [0.2, 0.25) is 0 Å². The Bertz CT molecular complexity index is 953. The molecular weight excluding hydrogens is 336 g/mol. The van der Waals surface area contributed by atoms with Crippen LogP contribution in [0.2, 0.25) is 0 Å². The number of halogens is 2. The Morgan fingerprint density at radius 2 is 2.00 bits per heavy atom. The quantitative estimate of drug-likeness (QED) is 0.711. The lowest BCUT2D eigenvalue weighted by Gasteiger charge is -2.06. The molecule has 0 saturated carbocycles. The number of benzene rings is 2. The van der Waals surface area contributed by atoms with Gasteiger partial charge in [-0.25, -0.2) is 18.6 Å². The average Bonchev–Trinajstić information content (AvgIpc) is 2.90. The smallest absolute Gasteiger partial charge is 0.350 e. The summed E-state index contributed by atoms with van der Waals surface area (Å²) in [4.78, 5) is 16.5. The molecule has 0 aliphatic rings. The first kappa shape index (κ1) is 16.3. The van der Waals surface area contributed by atoms with E-state index in [2.05, 4.69) is 4.98 Å². The maximum atomic E-state index is 14.0. The van der Waals surface area contributed by atoms with Crippen LogP contribution in [0.15, 0.2) is 24.3 Å². The van der Waals surface area contributed by atoms with Gasteiger partial charge in [0, 0.05) is 22.4 Å². The van der Waals surface area contributed by atoms with Crippen molar-refractivity contribution < 1.29 is 23.4 Å². The number of thiazole rings is 1. The number of rotatable bonds is 3. The van der Waals surface area contributed by atoms with Gasteiger partial charge in [-0.3, -0.25) is 0 Å². The molecule has 2 aromatic carbocycles. The van der Waals surface area contributed by atoms with E-state index in [-0.39, 0.29) is 23.1 Å². The summed E-state index contributed by atoms with van der Waals surface area (Å²) in [5.74, 6) is -2.28. The second kappa shape index (κ2) is 6.16. The summed E-state index contributed by atoms with van der Waals surface area (Å²) < 4.78 is 32.3. The predicted octanol–water partition coefficient (Wildman–Crippen LogP) is 4.43. The number of phenols is 1. The summed E-state index contributed by atoms with van der Waals surface area (Å²) >= 11 is 1.09. The van der Waals surface area contributed by atoms with Crippen LogP contribution in [-0.4, -0.2) is 22.7 Å². The average molecular weight is 349 g/mol. The summed E-state index contributed by atoms with van der Waals surface area (Å²) in [6.45, 7) is 3.63. The van der Waals surface area contributed by atoms with Crippen LogP contribution in [0.25, 0.3) is 21.3 Å². The Kier molecular flexibility index (Phi) is 4.19. The molecule has 24 heavy (non-hydrogen) atoms. The maximum Gasteiger partial charge on any atom is 0.350 e. The summed E-state index contributed by atoms with van der Waals surface area (Å²) in [6, 6.07) is 4.66. The lowest BCUT2D eigenvalue weighted by atomic mass is 10.1. The minimum Gasteiger partial charge on any atom is -0.507 e. The lowest BCUT2D eigenvalue weighted by molar-refractivity contribution is 0.0531. The van der Waals surface area contributed by atoms with E-state index in [1.165, 1.54) is 12.1 Å². The number of fused-ring (bicyclic) bond motifs is 1. The molecule has 0 unspecified atom stereocenters. The molecule has 124 valence electrons. The Balaban J connectivity index is 2.14. The highest BCUT2D eigenvalue weighted by Gasteiger charge is 2.19. The summed E-state index contributed by atoms with van der Waals surface area (Å²) in [5.41, 5.74) is 0.932. The number of aromatic hydroxyl groups is 1. The maximum absolute atomic E-state index is 14.0. The third-order valence-corrected chi connectivity index (χ3v) is 4.65. The highest BCUT2D eigenvalue weighted by atomic mass is 32.1. The molecule has 0 saturated heterocycles. The van der Waals surface area contributed by atoms with Crippen LogP contribution in [0.1, 0.15) is 22.3 Å². The molecule has 3 rings (SSSR count). The number of ether oxygens (including phenoxy) is 1. The van der Waals surface area contributed by atoms with E-state index in [1.54, 1.807) is 13.8 Å². The van der Waals surface area contributed by atoms with Gasteiger partial charge in [-0.1, -0.05) is 0 Å². The third-order valence-electron chi connectivity index (χ3n) is 3.47. The second-order valence-electron chi connectivity index (χ2n) is 5.13. The van der Waals surface area contributed by atoms with Gasteiger partial charge in [0.15, 0.2) is 0 Å². The van der Waals surface area contributed by atoms with Crippen molar-refractivity contribution in [3.8, 4) is 16.3 Å². The molecule has 0 radical (unpaired) electrons. The molecule has 0 amide bonds. The van der Waals surface area contributed by atoms with E-state index in [0.717, 1.165) is 23.5 Å². The van der Waals surface area contributed by atoms with Gasteiger partial charge in [0.05, 0.1) is 12.3 Å². The lowest BCUT2D eigenvalue weighted by Crippen LogP contribution is -2.03. The fraction of sp³-hybridized carbons (Fsp3) is 0.176. The van der Waals surface area contributed by atoms with Crippen LogP contribution in [0.5, 0.6) is 5.75 Å². The summed E-state index contributed by atoms with van der Waals surface area (Å²) in [7, 11) is 0. The standard InChI is InChI=1S/C17H13F2NO3S/c1-3-23-17(22)15-8(2)20-16(24-15)9-4-11-12(14(21)5-9)6-10(18)7-13(11)19/h4-7,21H,3H2,1-2H3. The van der Waals surface area contributed by atoms with Crippen LogP contribution in [0.4, 0.5) is 8.78 Å². The minimum atomic E-state index is -0.777. The van der Waals surface area contributed by atoms with Crippen LogP contribution in [0, 0.1) is 18.6 Å². The van der Waals surface area contributed by atoms with Gasteiger partial charge in [-0.2, -0.15) is 0 Å². The minimum absolute atomic E-state index is 0.0788. The number of phenolic OH excluding ortho intramolecular Hbond substituents is 1. The summed E-state index contributed by atoms with van der Waals surface area (Å²) in [5, 5.41) is 10.7. The monoisotopic (exact) mass is 349 g/mol. The molecule has 0 spiro atoms. The number of nitrogens with zero attached hydrogens (tertiary/aromatic N) is 1. The van der Waals surface area contributed by atoms with Crippen LogP contribution in [0.3, 0.4) is 0 Å². The number of hydrogen-bond acceptors (Lipinski definition) is 5. The molecule has 1 N–H and O–H groups in total. The first-order valence-electron chi connectivity index (χ1n) is 7.17. The van der Waals surface area contributed by atoms with Crippen molar-refractivity contribution in [1.82, 2.24) is 4.98 Å². The van der Waals surface area contributed by atoms with Crippen molar-refractivity contribution in [2.24, 2.45) is 0 Å². The highest BCUT2D eigenvalue weighted by Crippen LogP contribution is 2.36. The Labute approximate surface area is 140 Å². The van der Waals surface area contributed by atoms with Gasteiger partial charge in [0.1, 0.15) is 27.3 Å². The number of aryl methyl sites for hydroxylation is 1. The van der Waals surface area contributed by atoms with Crippen molar-refractivity contribution >= 4 is 28.1 Å². The summed E-state index contributed by atoms with van der Waals surface area (Å²) in [6.07, 6.45) is 0. The number of carbonyl (C=O) groups excluding carboxylic acids is 1. The van der Waals surface area contributed by atoms with E-state index in [0.29, 0.717) is 21.1 Å². The molecule has 3 aromatic rings. The Morgan fingerprint density at radius 1 is 1.25 bits per heavy atom. The van der Waals surface area contributed by atoms with Crippen molar-refractivity contribution in [3.63, 3.8) is 0 Å². The van der Waals surface area contributed by atoms with Gasteiger partial charge >= 0.3 is 5.97 Å². The van der Waals surface area contributed by atoms with Crippen molar-refractivity contribution in [1.29, 1.82) is 0 Å². The number of aromatic nitrogens is 1. The van der Waals surface area contributed by atoms with E-state index >= 15 is 0 Å². The Hall–Kier alpha value is -2.54. The van der Waals surface area contributed by atoms with E-state index < -0.39 is 17.6 Å². The zero-order valence-electron chi connectivity index (χ0n) is 12.9. The fourth-order valence-corrected chi connectivity index (χ4v) is 3.34. The van der Waals surface area contributed by atoms with E-state index in [4.69, 9.17) is 4.74 Å². The van der Waals surface area contributed by atoms with Gasteiger partial charge in [0.25, 0.3) is 0 Å². The molecule has 1 aromatic heterocycles. The second-order valence-corrected chi connectivity index (χ2v) is 6.13.